The molecule has 0 aromatic heterocycles. The maximum absolute atomic E-state index is 12.4. The van der Waals surface area contributed by atoms with Crippen molar-refractivity contribution in [2.75, 3.05) is 46.4 Å². The topological polar surface area (TPSA) is 61.9 Å². The minimum absolute atomic E-state index is 0.0705. The van der Waals surface area contributed by atoms with Crippen LogP contribution in [0.3, 0.4) is 0 Å². The zero-order valence-corrected chi connectivity index (χ0v) is 15.3. The molecular formula is C19H29N3O3. The molecule has 1 fully saturated rings. The molecule has 25 heavy (non-hydrogen) atoms. The SMILES string of the molecule is CCCNC(=O)CN1CCN(C(=O)CCc2ccc(OC)cc2)CC1. The third-order valence-corrected chi connectivity index (χ3v) is 4.45. The van der Waals surface area contributed by atoms with E-state index in [1.54, 1.807) is 7.11 Å². The fourth-order valence-electron chi connectivity index (χ4n) is 2.88. The number of hydrogen-bond acceptors (Lipinski definition) is 4. The minimum Gasteiger partial charge on any atom is -0.497 e. The monoisotopic (exact) mass is 347 g/mol. The lowest BCUT2D eigenvalue weighted by molar-refractivity contribution is -0.133. The minimum atomic E-state index is 0.0705. The Morgan fingerprint density at radius 3 is 2.40 bits per heavy atom. The van der Waals surface area contributed by atoms with Crippen LogP contribution in [0, 0.1) is 0 Å². The molecule has 1 saturated heterocycles. The molecule has 138 valence electrons. The molecule has 0 unspecified atom stereocenters. The molecule has 6 nitrogen and oxygen atoms in total. The van der Waals surface area contributed by atoms with E-state index in [1.807, 2.05) is 36.1 Å². The molecule has 1 aromatic carbocycles. The summed E-state index contributed by atoms with van der Waals surface area (Å²) in [5.41, 5.74) is 1.14. The summed E-state index contributed by atoms with van der Waals surface area (Å²) in [6, 6.07) is 7.84. The molecule has 0 bridgehead atoms. The predicted octanol–water partition coefficient (Wildman–Crippen LogP) is 1.30. The zero-order chi connectivity index (χ0) is 18.1. The van der Waals surface area contributed by atoms with E-state index < -0.39 is 0 Å². The number of piperazine rings is 1. The highest BCUT2D eigenvalue weighted by Gasteiger charge is 2.22. The van der Waals surface area contributed by atoms with Gasteiger partial charge in [0.2, 0.25) is 11.8 Å². The predicted molar refractivity (Wildman–Crippen MR) is 97.6 cm³/mol. The van der Waals surface area contributed by atoms with Gasteiger partial charge in [0.1, 0.15) is 5.75 Å². The van der Waals surface area contributed by atoms with E-state index in [4.69, 9.17) is 4.74 Å². The average molecular weight is 347 g/mol. The Balaban J connectivity index is 1.69. The molecule has 1 heterocycles. The van der Waals surface area contributed by atoms with Gasteiger partial charge < -0.3 is 15.0 Å². The molecule has 1 aromatic rings. The summed E-state index contributed by atoms with van der Waals surface area (Å²) >= 11 is 0. The van der Waals surface area contributed by atoms with E-state index in [0.717, 1.165) is 43.8 Å². The lowest BCUT2D eigenvalue weighted by Gasteiger charge is -2.34. The summed E-state index contributed by atoms with van der Waals surface area (Å²) in [5.74, 6) is 1.08. The lowest BCUT2D eigenvalue weighted by Crippen LogP contribution is -2.51. The smallest absolute Gasteiger partial charge is 0.234 e. The second-order valence-electron chi connectivity index (χ2n) is 6.35. The van der Waals surface area contributed by atoms with Crippen molar-refractivity contribution in [3.63, 3.8) is 0 Å². The Bertz CT molecular complexity index is 552. The van der Waals surface area contributed by atoms with Crippen LogP contribution < -0.4 is 10.1 Å². The van der Waals surface area contributed by atoms with Gasteiger partial charge in [0.25, 0.3) is 0 Å². The van der Waals surface area contributed by atoms with Gasteiger partial charge >= 0.3 is 0 Å². The van der Waals surface area contributed by atoms with Crippen LogP contribution in [0.4, 0.5) is 0 Å². The number of benzene rings is 1. The highest BCUT2D eigenvalue weighted by atomic mass is 16.5. The Morgan fingerprint density at radius 2 is 1.80 bits per heavy atom. The molecular weight excluding hydrogens is 318 g/mol. The molecule has 1 aliphatic heterocycles. The first-order valence-corrected chi connectivity index (χ1v) is 9.02. The average Bonchev–Trinajstić information content (AvgIpc) is 2.65. The van der Waals surface area contributed by atoms with Crippen LogP contribution >= 0.6 is 0 Å². The van der Waals surface area contributed by atoms with Gasteiger partial charge in [-0.1, -0.05) is 19.1 Å². The van der Waals surface area contributed by atoms with Crippen molar-refractivity contribution in [3.05, 3.63) is 29.8 Å². The van der Waals surface area contributed by atoms with Crippen molar-refractivity contribution in [1.82, 2.24) is 15.1 Å². The summed E-state index contributed by atoms with van der Waals surface area (Å²) in [6.07, 6.45) is 2.20. The number of carbonyl (C=O) groups excluding carboxylic acids is 2. The highest BCUT2D eigenvalue weighted by Crippen LogP contribution is 2.13. The van der Waals surface area contributed by atoms with Crippen LogP contribution in [-0.4, -0.2) is 68.0 Å². The Morgan fingerprint density at radius 1 is 1.12 bits per heavy atom. The number of nitrogens with one attached hydrogen (secondary N) is 1. The van der Waals surface area contributed by atoms with Crippen LogP contribution in [0.2, 0.25) is 0 Å². The number of methoxy groups -OCH3 is 1. The van der Waals surface area contributed by atoms with Crippen molar-refractivity contribution in [2.24, 2.45) is 0 Å². The van der Waals surface area contributed by atoms with Gasteiger partial charge in [-0.15, -0.1) is 0 Å². The summed E-state index contributed by atoms with van der Waals surface area (Å²) in [7, 11) is 1.64. The van der Waals surface area contributed by atoms with Crippen LogP contribution in [0.25, 0.3) is 0 Å². The number of nitrogens with zero attached hydrogens (tertiary/aromatic N) is 2. The van der Waals surface area contributed by atoms with Crippen molar-refractivity contribution < 1.29 is 14.3 Å². The van der Waals surface area contributed by atoms with Gasteiger partial charge in [-0.25, -0.2) is 0 Å². The van der Waals surface area contributed by atoms with Crippen LogP contribution in [0.1, 0.15) is 25.3 Å². The Kier molecular flexibility index (Phi) is 7.73. The number of hydrogen-bond donors (Lipinski definition) is 1. The Labute approximate surface area is 150 Å². The number of amides is 2. The van der Waals surface area contributed by atoms with Crippen LogP contribution in [0.5, 0.6) is 5.75 Å². The van der Waals surface area contributed by atoms with Gasteiger partial charge in [-0.3, -0.25) is 14.5 Å². The van der Waals surface area contributed by atoms with E-state index in [9.17, 15) is 9.59 Å². The van der Waals surface area contributed by atoms with Gasteiger partial charge in [0.05, 0.1) is 13.7 Å². The van der Waals surface area contributed by atoms with Crippen molar-refractivity contribution in [1.29, 1.82) is 0 Å². The second-order valence-corrected chi connectivity index (χ2v) is 6.35. The van der Waals surface area contributed by atoms with Crippen molar-refractivity contribution >= 4 is 11.8 Å². The lowest BCUT2D eigenvalue weighted by atomic mass is 10.1. The van der Waals surface area contributed by atoms with Gasteiger partial charge in [-0.05, 0) is 30.5 Å². The van der Waals surface area contributed by atoms with Crippen molar-refractivity contribution in [3.8, 4) is 5.75 Å². The number of aryl methyl sites for hydroxylation is 1. The maximum atomic E-state index is 12.4. The van der Waals surface area contributed by atoms with Crippen LogP contribution in [-0.2, 0) is 16.0 Å². The van der Waals surface area contributed by atoms with E-state index in [1.165, 1.54) is 0 Å². The third-order valence-electron chi connectivity index (χ3n) is 4.45. The van der Waals surface area contributed by atoms with Crippen molar-refractivity contribution in [2.45, 2.75) is 26.2 Å². The van der Waals surface area contributed by atoms with E-state index in [2.05, 4.69) is 10.2 Å². The van der Waals surface area contributed by atoms with Crippen LogP contribution in [0.15, 0.2) is 24.3 Å². The first-order chi connectivity index (χ1) is 12.1. The van der Waals surface area contributed by atoms with E-state index in [-0.39, 0.29) is 11.8 Å². The first kappa shape index (κ1) is 19.2. The largest absolute Gasteiger partial charge is 0.497 e. The second kappa shape index (κ2) is 10.0. The molecule has 2 rings (SSSR count). The quantitative estimate of drug-likeness (QED) is 0.770. The van der Waals surface area contributed by atoms with Gasteiger partial charge in [-0.2, -0.15) is 0 Å². The Hall–Kier alpha value is -2.08. The number of carbonyl (C=O) groups is 2. The number of ether oxygens (including phenoxy) is 1. The molecule has 6 heteroatoms. The standard InChI is InChI=1S/C19H29N3O3/c1-3-10-20-18(23)15-21-11-13-22(14-12-21)19(24)9-6-16-4-7-17(25-2)8-5-16/h4-5,7-8H,3,6,9-15H2,1-2H3,(H,20,23). The highest BCUT2D eigenvalue weighted by molar-refractivity contribution is 5.78. The summed E-state index contributed by atoms with van der Waals surface area (Å²) in [5, 5.41) is 2.89. The molecule has 0 atom stereocenters. The number of rotatable bonds is 8. The third kappa shape index (κ3) is 6.38. The summed E-state index contributed by atoms with van der Waals surface area (Å²) < 4.78 is 5.14. The molecule has 0 spiro atoms. The normalized spacial score (nSPS) is 15.0. The summed E-state index contributed by atoms with van der Waals surface area (Å²) in [4.78, 5) is 28.1. The zero-order valence-electron chi connectivity index (χ0n) is 15.3. The summed E-state index contributed by atoms with van der Waals surface area (Å²) in [6.45, 7) is 6.10. The molecule has 0 saturated carbocycles. The first-order valence-electron chi connectivity index (χ1n) is 9.02. The van der Waals surface area contributed by atoms with E-state index >= 15 is 0 Å². The van der Waals surface area contributed by atoms with Gasteiger partial charge in [0.15, 0.2) is 0 Å². The van der Waals surface area contributed by atoms with Gasteiger partial charge in [0, 0.05) is 39.1 Å². The maximum Gasteiger partial charge on any atom is 0.234 e. The molecule has 0 radical (unpaired) electrons. The molecule has 2 amide bonds. The molecule has 0 aliphatic carbocycles. The molecule has 1 N–H and O–H groups in total. The fraction of sp³-hybridized carbons (Fsp3) is 0.579. The van der Waals surface area contributed by atoms with E-state index in [0.29, 0.717) is 26.1 Å². The fourth-order valence-corrected chi connectivity index (χ4v) is 2.88. The molecule has 1 aliphatic rings.